The summed E-state index contributed by atoms with van der Waals surface area (Å²) in [6, 6.07) is 6.10. The van der Waals surface area contributed by atoms with Crippen LogP contribution in [0.1, 0.15) is 13.3 Å². The molecule has 0 heterocycles. The summed E-state index contributed by atoms with van der Waals surface area (Å²) < 4.78 is 18.1. The number of hydrogen-bond donors (Lipinski definition) is 0. The number of rotatable bonds is 7. The van der Waals surface area contributed by atoms with Crippen molar-refractivity contribution in [1.29, 1.82) is 0 Å². The molecule has 0 aliphatic rings. The maximum Gasteiger partial charge on any atom is 0.123 e. The van der Waals surface area contributed by atoms with Crippen molar-refractivity contribution in [2.45, 2.75) is 13.3 Å². The molecule has 0 aromatic heterocycles. The Hall–Kier alpha value is -1.35. The lowest BCUT2D eigenvalue weighted by Crippen LogP contribution is -2.22. The van der Waals surface area contributed by atoms with Crippen molar-refractivity contribution in [3.05, 3.63) is 42.2 Å². The zero-order valence-corrected chi connectivity index (χ0v) is 10.6. The van der Waals surface area contributed by atoms with Gasteiger partial charge >= 0.3 is 0 Å². The Morgan fingerprint density at radius 1 is 1.35 bits per heavy atom. The van der Waals surface area contributed by atoms with Gasteiger partial charge in [0.25, 0.3) is 0 Å². The van der Waals surface area contributed by atoms with Gasteiger partial charge in [0, 0.05) is 13.1 Å². The van der Waals surface area contributed by atoms with Crippen LogP contribution in [-0.4, -0.2) is 31.6 Å². The largest absolute Gasteiger partial charge is 0.494 e. The highest BCUT2D eigenvalue weighted by Gasteiger charge is 1.99. The van der Waals surface area contributed by atoms with Crippen LogP contribution in [0.3, 0.4) is 0 Å². The van der Waals surface area contributed by atoms with E-state index in [0.29, 0.717) is 12.4 Å². The molecular weight excluding hydrogens is 217 g/mol. The van der Waals surface area contributed by atoms with Crippen LogP contribution in [0.2, 0.25) is 0 Å². The van der Waals surface area contributed by atoms with Crippen LogP contribution in [-0.2, 0) is 0 Å². The van der Waals surface area contributed by atoms with Crippen LogP contribution in [0.4, 0.5) is 4.39 Å². The van der Waals surface area contributed by atoms with E-state index in [1.165, 1.54) is 12.1 Å². The van der Waals surface area contributed by atoms with Gasteiger partial charge in [0.15, 0.2) is 0 Å². The highest BCUT2D eigenvalue weighted by molar-refractivity contribution is 5.21. The Bertz CT molecular complexity index is 348. The van der Waals surface area contributed by atoms with Crippen LogP contribution in [0.5, 0.6) is 5.75 Å². The minimum Gasteiger partial charge on any atom is -0.494 e. The first-order valence-electron chi connectivity index (χ1n) is 5.79. The molecule has 1 rings (SSSR count). The van der Waals surface area contributed by atoms with Gasteiger partial charge in [-0.2, -0.15) is 0 Å². The summed E-state index contributed by atoms with van der Waals surface area (Å²) in [7, 11) is 2.06. The maximum absolute atomic E-state index is 12.6. The zero-order chi connectivity index (χ0) is 12.7. The summed E-state index contributed by atoms with van der Waals surface area (Å²) in [6.45, 7) is 8.41. The van der Waals surface area contributed by atoms with E-state index in [-0.39, 0.29) is 5.82 Å². The molecule has 0 atom stereocenters. The predicted molar refractivity (Wildman–Crippen MR) is 68.8 cm³/mol. The van der Waals surface area contributed by atoms with Crippen molar-refractivity contribution in [1.82, 2.24) is 4.90 Å². The third kappa shape index (κ3) is 6.07. The summed E-state index contributed by atoms with van der Waals surface area (Å²) in [5.74, 6) is 0.479. The molecule has 1 aromatic rings. The lowest BCUT2D eigenvalue weighted by atomic mass is 10.3. The number of likely N-dealkylation sites (N-methyl/N-ethyl adjacent to an activating group) is 1. The van der Waals surface area contributed by atoms with Crippen LogP contribution in [0.15, 0.2) is 36.4 Å². The van der Waals surface area contributed by atoms with Gasteiger partial charge in [-0.05, 0) is 44.7 Å². The molecule has 17 heavy (non-hydrogen) atoms. The number of halogens is 1. The Kier molecular flexibility index (Phi) is 5.70. The van der Waals surface area contributed by atoms with E-state index < -0.39 is 0 Å². The fourth-order valence-electron chi connectivity index (χ4n) is 1.60. The summed E-state index contributed by atoms with van der Waals surface area (Å²) in [5.41, 5.74) is 1.16. The van der Waals surface area contributed by atoms with Gasteiger partial charge in [0.2, 0.25) is 0 Å². The first-order valence-corrected chi connectivity index (χ1v) is 5.79. The Morgan fingerprint density at radius 3 is 2.59 bits per heavy atom. The molecule has 0 saturated heterocycles. The van der Waals surface area contributed by atoms with E-state index in [4.69, 9.17) is 4.74 Å². The molecule has 2 nitrogen and oxygen atoms in total. The molecule has 3 heteroatoms. The molecule has 0 saturated carbocycles. The minimum absolute atomic E-state index is 0.237. The number of benzene rings is 1. The zero-order valence-electron chi connectivity index (χ0n) is 10.6. The molecule has 0 N–H and O–H groups in total. The average molecular weight is 237 g/mol. The quantitative estimate of drug-likeness (QED) is 0.533. The van der Waals surface area contributed by atoms with E-state index >= 15 is 0 Å². The van der Waals surface area contributed by atoms with Crippen LogP contribution in [0, 0.1) is 5.82 Å². The molecule has 0 unspecified atom stereocenters. The first-order chi connectivity index (χ1) is 8.08. The van der Waals surface area contributed by atoms with Gasteiger partial charge in [-0.3, -0.25) is 0 Å². The number of nitrogens with zero attached hydrogens (tertiary/aromatic N) is 1. The Morgan fingerprint density at radius 2 is 2.00 bits per heavy atom. The summed E-state index contributed by atoms with van der Waals surface area (Å²) >= 11 is 0. The van der Waals surface area contributed by atoms with Crippen molar-refractivity contribution < 1.29 is 9.13 Å². The van der Waals surface area contributed by atoms with E-state index in [0.717, 1.165) is 25.1 Å². The topological polar surface area (TPSA) is 12.5 Å². The van der Waals surface area contributed by atoms with Gasteiger partial charge in [-0.1, -0.05) is 12.2 Å². The van der Waals surface area contributed by atoms with E-state index in [1.54, 1.807) is 12.1 Å². The highest BCUT2D eigenvalue weighted by Crippen LogP contribution is 2.11. The van der Waals surface area contributed by atoms with Crippen LogP contribution < -0.4 is 4.74 Å². The van der Waals surface area contributed by atoms with Gasteiger partial charge < -0.3 is 9.64 Å². The van der Waals surface area contributed by atoms with Crippen LogP contribution >= 0.6 is 0 Å². The maximum atomic E-state index is 12.6. The summed E-state index contributed by atoms with van der Waals surface area (Å²) in [6.07, 6.45) is 0.946. The molecule has 0 aliphatic carbocycles. The van der Waals surface area contributed by atoms with E-state index in [2.05, 4.69) is 18.5 Å². The fraction of sp³-hybridized carbons (Fsp3) is 0.429. The van der Waals surface area contributed by atoms with Crippen molar-refractivity contribution in [2.24, 2.45) is 0 Å². The first kappa shape index (κ1) is 13.7. The van der Waals surface area contributed by atoms with Crippen molar-refractivity contribution in [3.8, 4) is 5.75 Å². The van der Waals surface area contributed by atoms with E-state index in [9.17, 15) is 4.39 Å². The molecule has 0 aliphatic heterocycles. The molecule has 0 fully saturated rings. The number of ether oxygens (including phenoxy) is 1. The van der Waals surface area contributed by atoms with Crippen LogP contribution in [0.25, 0.3) is 0 Å². The second-order valence-electron chi connectivity index (χ2n) is 4.35. The van der Waals surface area contributed by atoms with Gasteiger partial charge in [-0.25, -0.2) is 4.39 Å². The molecular formula is C14H20FNO. The second-order valence-corrected chi connectivity index (χ2v) is 4.35. The van der Waals surface area contributed by atoms with Crippen molar-refractivity contribution in [2.75, 3.05) is 26.7 Å². The van der Waals surface area contributed by atoms with Crippen molar-refractivity contribution in [3.63, 3.8) is 0 Å². The van der Waals surface area contributed by atoms with E-state index in [1.807, 2.05) is 6.92 Å². The fourth-order valence-corrected chi connectivity index (χ4v) is 1.60. The molecule has 0 bridgehead atoms. The molecule has 1 aromatic carbocycles. The normalized spacial score (nSPS) is 10.6. The average Bonchev–Trinajstić information content (AvgIpc) is 2.26. The standard InChI is InChI=1S/C14H20FNO/c1-12(2)11-16(3)9-4-10-17-14-7-5-13(15)6-8-14/h5-8H,1,4,9-11H2,2-3H3. The van der Waals surface area contributed by atoms with Gasteiger partial charge in [-0.15, -0.1) is 0 Å². The number of hydrogen-bond acceptors (Lipinski definition) is 2. The second kappa shape index (κ2) is 7.07. The van der Waals surface area contributed by atoms with Gasteiger partial charge in [0.1, 0.15) is 11.6 Å². The van der Waals surface area contributed by atoms with Crippen molar-refractivity contribution >= 4 is 0 Å². The smallest absolute Gasteiger partial charge is 0.123 e. The third-order valence-corrected chi connectivity index (χ3v) is 2.31. The molecule has 0 radical (unpaired) electrons. The minimum atomic E-state index is -0.237. The Balaban J connectivity index is 2.15. The molecule has 0 amide bonds. The SMILES string of the molecule is C=C(C)CN(C)CCCOc1ccc(F)cc1. The lowest BCUT2D eigenvalue weighted by molar-refractivity contribution is 0.271. The summed E-state index contributed by atoms with van der Waals surface area (Å²) in [5, 5.41) is 0. The predicted octanol–water partition coefficient (Wildman–Crippen LogP) is 3.10. The lowest BCUT2D eigenvalue weighted by Gasteiger charge is -2.16. The monoisotopic (exact) mass is 237 g/mol. The Labute approximate surface area is 103 Å². The highest BCUT2D eigenvalue weighted by atomic mass is 19.1. The molecule has 94 valence electrons. The summed E-state index contributed by atoms with van der Waals surface area (Å²) in [4.78, 5) is 2.20. The third-order valence-electron chi connectivity index (χ3n) is 2.31. The molecule has 0 spiro atoms. The van der Waals surface area contributed by atoms with Gasteiger partial charge in [0.05, 0.1) is 6.61 Å².